The lowest BCUT2D eigenvalue weighted by atomic mass is 9.94. The summed E-state index contributed by atoms with van der Waals surface area (Å²) in [5.41, 5.74) is 1.17. The average Bonchev–Trinajstić information content (AvgIpc) is 2.95. The van der Waals surface area contributed by atoms with Gasteiger partial charge in [0.15, 0.2) is 0 Å². The highest BCUT2D eigenvalue weighted by Crippen LogP contribution is 2.28. The second kappa shape index (κ2) is 14.0. The van der Waals surface area contributed by atoms with Gasteiger partial charge in [-0.2, -0.15) is 0 Å². The molecule has 0 saturated heterocycles. The summed E-state index contributed by atoms with van der Waals surface area (Å²) in [5, 5.41) is 3.27. The van der Waals surface area contributed by atoms with Crippen molar-refractivity contribution in [2.45, 2.75) is 57.2 Å². The first-order valence-electron chi connectivity index (χ1n) is 13.7. The summed E-state index contributed by atoms with van der Waals surface area (Å²) in [6.07, 6.45) is 5.98. The predicted octanol–water partition coefficient (Wildman–Crippen LogP) is 5.33. The van der Waals surface area contributed by atoms with Crippen molar-refractivity contribution in [2.75, 3.05) is 17.1 Å². The third kappa shape index (κ3) is 8.30. The number of carbonyl (C=O) groups excluding carboxylic acids is 2. The Kier molecular flexibility index (Phi) is 10.4. The number of carbonyl (C=O) groups is 2. The molecule has 0 unspecified atom stereocenters. The highest BCUT2D eigenvalue weighted by atomic mass is 35.5. The van der Waals surface area contributed by atoms with E-state index in [0.29, 0.717) is 0 Å². The van der Waals surface area contributed by atoms with Crippen molar-refractivity contribution in [1.29, 1.82) is 0 Å². The maximum absolute atomic E-state index is 14.9. The molecule has 0 spiro atoms. The van der Waals surface area contributed by atoms with Gasteiger partial charge in [-0.15, -0.1) is 0 Å². The van der Waals surface area contributed by atoms with Gasteiger partial charge in [-0.25, -0.2) is 12.8 Å². The molecule has 0 aromatic heterocycles. The van der Waals surface area contributed by atoms with E-state index < -0.39 is 34.3 Å². The molecule has 7 nitrogen and oxygen atoms in total. The maximum Gasteiger partial charge on any atom is 0.244 e. The summed E-state index contributed by atoms with van der Waals surface area (Å²) in [6, 6.07) is 20.6. The van der Waals surface area contributed by atoms with E-state index in [9.17, 15) is 22.4 Å². The smallest absolute Gasteiger partial charge is 0.244 e. The molecular formula is C31H35ClFN3O4S. The number of amides is 2. The van der Waals surface area contributed by atoms with Gasteiger partial charge in [-0.3, -0.25) is 13.9 Å². The van der Waals surface area contributed by atoms with Crippen molar-refractivity contribution >= 4 is 39.1 Å². The molecule has 1 fully saturated rings. The molecule has 3 aromatic rings. The molecule has 2 amide bonds. The number of anilines is 1. The van der Waals surface area contributed by atoms with Crippen LogP contribution in [-0.4, -0.2) is 50.0 Å². The Balaban J connectivity index is 1.74. The van der Waals surface area contributed by atoms with Crippen LogP contribution in [0.1, 0.15) is 43.2 Å². The fourth-order valence-electron chi connectivity index (χ4n) is 5.16. The minimum atomic E-state index is -3.95. The number of nitrogens with one attached hydrogen (secondary N) is 1. The number of benzene rings is 3. The van der Waals surface area contributed by atoms with Crippen LogP contribution in [0.4, 0.5) is 10.1 Å². The second-order valence-electron chi connectivity index (χ2n) is 10.4. The quantitative estimate of drug-likeness (QED) is 0.323. The molecule has 0 radical (unpaired) electrons. The van der Waals surface area contributed by atoms with Crippen LogP contribution in [0.3, 0.4) is 0 Å². The molecule has 4 rings (SSSR count). The number of sulfonamides is 1. The van der Waals surface area contributed by atoms with Crippen molar-refractivity contribution in [3.8, 4) is 0 Å². The molecule has 1 saturated carbocycles. The van der Waals surface area contributed by atoms with Crippen molar-refractivity contribution in [2.24, 2.45) is 0 Å². The predicted molar refractivity (Wildman–Crippen MR) is 160 cm³/mol. The van der Waals surface area contributed by atoms with Crippen LogP contribution < -0.4 is 9.62 Å². The van der Waals surface area contributed by atoms with E-state index in [1.807, 2.05) is 30.3 Å². The molecular weight excluding hydrogens is 565 g/mol. The number of hydrogen-bond acceptors (Lipinski definition) is 4. The van der Waals surface area contributed by atoms with Crippen molar-refractivity contribution < 1.29 is 22.4 Å². The van der Waals surface area contributed by atoms with Crippen molar-refractivity contribution in [3.63, 3.8) is 0 Å². The third-order valence-electron chi connectivity index (χ3n) is 7.32. The molecule has 0 heterocycles. The highest BCUT2D eigenvalue weighted by molar-refractivity contribution is 7.92. The lowest BCUT2D eigenvalue weighted by Gasteiger charge is -2.35. The van der Waals surface area contributed by atoms with Gasteiger partial charge in [-0.05, 0) is 36.6 Å². The SMILES string of the molecule is CS(=O)(=O)N(CC(=O)N(Cc1ccccc1F)[C@H](Cc1ccccc1)C(=O)NC1CCCCC1)c1ccccc1Cl. The van der Waals surface area contributed by atoms with E-state index >= 15 is 0 Å². The minimum Gasteiger partial charge on any atom is -0.352 e. The van der Waals surface area contributed by atoms with Crippen LogP contribution in [-0.2, 0) is 32.6 Å². The van der Waals surface area contributed by atoms with Crippen LogP contribution in [0.15, 0.2) is 78.9 Å². The monoisotopic (exact) mass is 599 g/mol. The lowest BCUT2D eigenvalue weighted by molar-refractivity contribution is -0.140. The zero-order valence-corrected chi connectivity index (χ0v) is 24.6. The Bertz CT molecular complexity index is 1450. The number of hydrogen-bond donors (Lipinski definition) is 1. The molecule has 3 aromatic carbocycles. The Morgan fingerprint density at radius 1 is 0.951 bits per heavy atom. The first-order chi connectivity index (χ1) is 19.6. The summed E-state index contributed by atoms with van der Waals surface area (Å²) < 4.78 is 41.5. The van der Waals surface area contributed by atoms with Gasteiger partial charge in [0.25, 0.3) is 0 Å². The van der Waals surface area contributed by atoms with Gasteiger partial charge in [-0.1, -0.05) is 91.5 Å². The molecule has 218 valence electrons. The van der Waals surface area contributed by atoms with Crippen LogP contribution in [0.25, 0.3) is 0 Å². The molecule has 1 aliphatic carbocycles. The van der Waals surface area contributed by atoms with Crippen LogP contribution in [0.5, 0.6) is 0 Å². The number of nitrogens with zero attached hydrogens (tertiary/aromatic N) is 2. The molecule has 41 heavy (non-hydrogen) atoms. The molecule has 1 aliphatic rings. The fourth-order valence-corrected chi connectivity index (χ4v) is 6.31. The normalized spacial score (nSPS) is 14.7. The topological polar surface area (TPSA) is 86.8 Å². The second-order valence-corrected chi connectivity index (χ2v) is 12.7. The van der Waals surface area contributed by atoms with E-state index in [1.54, 1.807) is 30.3 Å². The van der Waals surface area contributed by atoms with Gasteiger partial charge < -0.3 is 10.2 Å². The van der Waals surface area contributed by atoms with Crippen LogP contribution in [0.2, 0.25) is 5.02 Å². The number of rotatable bonds is 11. The summed E-state index contributed by atoms with van der Waals surface area (Å²) in [5.74, 6) is -1.53. The maximum atomic E-state index is 14.9. The Labute approximate surface area is 246 Å². The van der Waals surface area contributed by atoms with E-state index in [1.165, 1.54) is 23.1 Å². The van der Waals surface area contributed by atoms with E-state index in [4.69, 9.17) is 11.6 Å². The molecule has 1 N–H and O–H groups in total. The summed E-state index contributed by atoms with van der Waals surface area (Å²) in [6.45, 7) is -0.833. The standard InChI is InChI=1S/C31H35ClFN3O4S/c1-41(39,40)36(28-19-11-9-17-26(28)32)22-30(37)35(21-24-14-8-10-18-27(24)33)29(20-23-12-4-2-5-13-23)31(38)34-25-15-6-3-7-16-25/h2,4-5,8-14,17-19,25,29H,3,6-7,15-16,20-22H2,1H3,(H,34,38)/t29-/m1/s1. The zero-order chi connectivity index (χ0) is 29.4. The average molecular weight is 600 g/mol. The van der Waals surface area contributed by atoms with Gasteiger partial charge >= 0.3 is 0 Å². The van der Waals surface area contributed by atoms with Crippen molar-refractivity contribution in [3.05, 3.63) is 101 Å². The summed E-state index contributed by atoms with van der Waals surface area (Å²) in [7, 11) is -3.95. The first-order valence-corrected chi connectivity index (χ1v) is 16.0. The highest BCUT2D eigenvalue weighted by Gasteiger charge is 2.34. The molecule has 10 heteroatoms. The van der Waals surface area contributed by atoms with Gasteiger partial charge in [0.1, 0.15) is 18.4 Å². The molecule has 1 atom stereocenters. The van der Waals surface area contributed by atoms with Gasteiger partial charge in [0.2, 0.25) is 21.8 Å². The van der Waals surface area contributed by atoms with E-state index in [2.05, 4.69) is 5.32 Å². The number of halogens is 2. The third-order valence-corrected chi connectivity index (χ3v) is 8.77. The summed E-state index contributed by atoms with van der Waals surface area (Å²) >= 11 is 6.32. The Morgan fingerprint density at radius 2 is 1.59 bits per heavy atom. The first kappa shape index (κ1) is 30.5. The molecule has 0 bridgehead atoms. The minimum absolute atomic E-state index is 0.0180. The van der Waals surface area contributed by atoms with Gasteiger partial charge in [0, 0.05) is 24.6 Å². The van der Waals surface area contributed by atoms with E-state index in [0.717, 1.165) is 48.2 Å². The van der Waals surface area contributed by atoms with Gasteiger partial charge in [0.05, 0.1) is 17.0 Å². The Hall–Kier alpha value is -3.43. The van der Waals surface area contributed by atoms with Crippen molar-refractivity contribution in [1.82, 2.24) is 10.2 Å². The zero-order valence-electron chi connectivity index (χ0n) is 23.0. The summed E-state index contributed by atoms with van der Waals surface area (Å²) in [4.78, 5) is 29.3. The largest absolute Gasteiger partial charge is 0.352 e. The van der Waals surface area contributed by atoms with Crippen LogP contribution in [0, 0.1) is 5.82 Å². The molecule has 0 aliphatic heterocycles. The number of para-hydroxylation sites is 1. The Morgan fingerprint density at radius 3 is 2.24 bits per heavy atom. The van der Waals surface area contributed by atoms with Crippen LogP contribution >= 0.6 is 11.6 Å². The van der Waals surface area contributed by atoms with E-state index in [-0.39, 0.29) is 41.2 Å². The lowest BCUT2D eigenvalue weighted by Crippen LogP contribution is -2.55. The fraction of sp³-hybridized carbons (Fsp3) is 0.355.